The lowest BCUT2D eigenvalue weighted by Crippen LogP contribution is -2.64. The lowest BCUT2D eigenvalue weighted by molar-refractivity contribution is -0.141. The number of alkyl halides is 3. The van der Waals surface area contributed by atoms with Crippen molar-refractivity contribution < 1.29 is 22.7 Å². The van der Waals surface area contributed by atoms with Crippen LogP contribution in [0.3, 0.4) is 0 Å². The molecule has 37 heavy (non-hydrogen) atoms. The monoisotopic (exact) mass is 518 g/mol. The summed E-state index contributed by atoms with van der Waals surface area (Å²) in [5, 5.41) is 10.8. The van der Waals surface area contributed by atoms with Gasteiger partial charge in [-0.2, -0.15) is 23.4 Å². The number of nitrogens with one attached hydrogen (secondary N) is 1. The van der Waals surface area contributed by atoms with E-state index in [9.17, 15) is 18.0 Å². The fraction of sp³-hybridized carbons (Fsp3) is 0.542. The molecule has 198 valence electrons. The summed E-state index contributed by atoms with van der Waals surface area (Å²) in [6, 6.07) is 0.564. The van der Waals surface area contributed by atoms with E-state index in [2.05, 4.69) is 20.5 Å². The number of likely N-dealkylation sites (N-methyl/N-ethyl adjacent to an activating group) is 1. The van der Waals surface area contributed by atoms with E-state index < -0.39 is 23.5 Å². The number of amides is 1. The van der Waals surface area contributed by atoms with Gasteiger partial charge in [0.2, 0.25) is 5.91 Å². The van der Waals surface area contributed by atoms with Crippen molar-refractivity contribution in [1.82, 2.24) is 29.5 Å². The summed E-state index contributed by atoms with van der Waals surface area (Å²) in [5.41, 5.74) is 1.17. The van der Waals surface area contributed by atoms with E-state index in [1.807, 2.05) is 18.9 Å². The van der Waals surface area contributed by atoms with E-state index in [0.29, 0.717) is 41.6 Å². The molecule has 1 fully saturated rings. The zero-order valence-corrected chi connectivity index (χ0v) is 21.1. The van der Waals surface area contributed by atoms with Crippen LogP contribution in [0.2, 0.25) is 0 Å². The van der Waals surface area contributed by atoms with Crippen LogP contribution in [0.25, 0.3) is 0 Å². The molecule has 1 saturated carbocycles. The molecule has 5 rings (SSSR count). The standard InChI is InChI=1S/C24H29F3N8O2/c1-14-19-21(33(2)20(22(36)31-19)23(37-4)8-5-9-23)30-18(29-14)7-6-15-11-28-35(12-15)13-16-10-17(24(25,26)27)32-34(16)3/h10-12,20H,5-9,13H2,1-4H3,(H,31,36)/t20-/m1/s1. The smallest absolute Gasteiger partial charge is 0.376 e. The van der Waals surface area contributed by atoms with Crippen LogP contribution in [0.4, 0.5) is 24.7 Å². The average Bonchev–Trinajstić information content (AvgIpc) is 3.41. The van der Waals surface area contributed by atoms with Gasteiger partial charge in [0.25, 0.3) is 0 Å². The van der Waals surface area contributed by atoms with Crippen molar-refractivity contribution in [3.05, 3.63) is 46.9 Å². The van der Waals surface area contributed by atoms with Gasteiger partial charge in [-0.05, 0) is 44.2 Å². The molecule has 1 aliphatic carbocycles. The number of fused-ring (bicyclic) bond motifs is 1. The van der Waals surface area contributed by atoms with Crippen LogP contribution >= 0.6 is 0 Å². The number of carbonyl (C=O) groups is 1. The van der Waals surface area contributed by atoms with Crippen LogP contribution in [-0.4, -0.2) is 61.2 Å². The number of halogens is 3. The number of aryl methyl sites for hydroxylation is 4. The zero-order valence-electron chi connectivity index (χ0n) is 21.1. The lowest BCUT2D eigenvalue weighted by Gasteiger charge is -2.50. The van der Waals surface area contributed by atoms with E-state index in [1.165, 1.54) is 11.7 Å². The fourth-order valence-corrected chi connectivity index (χ4v) is 5.16. The average molecular weight is 519 g/mol. The highest BCUT2D eigenvalue weighted by Gasteiger charge is 2.52. The van der Waals surface area contributed by atoms with Crippen LogP contribution in [0.5, 0.6) is 0 Å². The molecule has 1 atom stereocenters. The van der Waals surface area contributed by atoms with Crippen LogP contribution in [0.1, 0.15) is 47.7 Å². The lowest BCUT2D eigenvalue weighted by atomic mass is 9.73. The molecule has 3 aromatic rings. The van der Waals surface area contributed by atoms with E-state index in [0.717, 1.165) is 30.9 Å². The largest absolute Gasteiger partial charge is 0.435 e. The van der Waals surface area contributed by atoms with Gasteiger partial charge in [-0.1, -0.05) is 0 Å². The molecule has 0 unspecified atom stereocenters. The number of hydrogen-bond acceptors (Lipinski definition) is 7. The molecule has 0 saturated heterocycles. The Balaban J connectivity index is 1.29. The van der Waals surface area contributed by atoms with Gasteiger partial charge in [0.05, 0.1) is 29.7 Å². The van der Waals surface area contributed by atoms with Gasteiger partial charge in [0.1, 0.15) is 17.6 Å². The third-order valence-electron chi connectivity index (χ3n) is 7.35. The predicted octanol–water partition coefficient (Wildman–Crippen LogP) is 2.89. The number of nitrogens with zero attached hydrogens (tertiary/aromatic N) is 7. The summed E-state index contributed by atoms with van der Waals surface area (Å²) in [4.78, 5) is 24.2. The first-order valence-corrected chi connectivity index (χ1v) is 12.1. The minimum atomic E-state index is -4.49. The second-order valence-electron chi connectivity index (χ2n) is 9.74. The van der Waals surface area contributed by atoms with Crippen molar-refractivity contribution >= 4 is 17.4 Å². The quantitative estimate of drug-likeness (QED) is 0.513. The molecular weight excluding hydrogens is 489 g/mol. The van der Waals surface area contributed by atoms with Crippen LogP contribution in [0.15, 0.2) is 18.5 Å². The predicted molar refractivity (Wildman–Crippen MR) is 128 cm³/mol. The Morgan fingerprint density at radius 1 is 1.22 bits per heavy atom. The van der Waals surface area contributed by atoms with E-state index >= 15 is 0 Å². The van der Waals surface area contributed by atoms with Gasteiger partial charge in [0, 0.05) is 33.8 Å². The Labute approximate surface area is 211 Å². The van der Waals surface area contributed by atoms with Crippen molar-refractivity contribution in [2.45, 2.75) is 63.4 Å². The molecular formula is C24H29F3N8O2. The first-order chi connectivity index (χ1) is 17.5. The zero-order chi connectivity index (χ0) is 26.5. The highest BCUT2D eigenvalue weighted by Crippen LogP contribution is 2.44. The third kappa shape index (κ3) is 4.56. The first kappa shape index (κ1) is 25.2. The van der Waals surface area contributed by atoms with Gasteiger partial charge in [-0.25, -0.2) is 9.97 Å². The van der Waals surface area contributed by atoms with Crippen LogP contribution in [0, 0.1) is 6.92 Å². The highest BCUT2D eigenvalue weighted by atomic mass is 19.4. The summed E-state index contributed by atoms with van der Waals surface area (Å²) >= 11 is 0. The Bertz CT molecular complexity index is 1320. The summed E-state index contributed by atoms with van der Waals surface area (Å²) < 4.78 is 47.4. The minimum Gasteiger partial charge on any atom is -0.376 e. The molecule has 10 nitrogen and oxygen atoms in total. The number of anilines is 2. The van der Waals surface area contributed by atoms with Gasteiger partial charge >= 0.3 is 6.18 Å². The maximum atomic E-state index is 13.0. The van der Waals surface area contributed by atoms with Crippen molar-refractivity contribution in [1.29, 1.82) is 0 Å². The molecule has 1 aliphatic heterocycles. The summed E-state index contributed by atoms with van der Waals surface area (Å²) in [6.45, 7) is 2.01. The molecule has 2 aliphatic rings. The van der Waals surface area contributed by atoms with E-state index in [-0.39, 0.29) is 12.5 Å². The second kappa shape index (κ2) is 9.12. The van der Waals surface area contributed by atoms with Gasteiger partial charge in [-0.3, -0.25) is 14.2 Å². The number of aromatic nitrogens is 6. The van der Waals surface area contributed by atoms with Crippen molar-refractivity contribution in [2.24, 2.45) is 7.05 Å². The summed E-state index contributed by atoms with van der Waals surface area (Å²) in [5.74, 6) is 1.19. The van der Waals surface area contributed by atoms with E-state index in [1.54, 1.807) is 24.2 Å². The van der Waals surface area contributed by atoms with Crippen LogP contribution < -0.4 is 10.2 Å². The molecule has 0 spiro atoms. The van der Waals surface area contributed by atoms with Gasteiger partial charge < -0.3 is 15.0 Å². The number of methoxy groups -OCH3 is 1. The number of hydrogen-bond donors (Lipinski definition) is 1. The summed E-state index contributed by atoms with van der Waals surface area (Å²) in [7, 11) is 4.99. The van der Waals surface area contributed by atoms with Crippen molar-refractivity contribution in [3.63, 3.8) is 0 Å². The third-order valence-corrected chi connectivity index (χ3v) is 7.35. The minimum absolute atomic E-state index is 0.112. The molecule has 3 aromatic heterocycles. The SMILES string of the molecule is COC1([C@H]2C(=O)Nc3c(C)nc(CCc4cnn(Cc5cc(C(F)(F)F)nn5C)c4)nc3N2C)CCC1. The molecule has 0 bridgehead atoms. The van der Waals surface area contributed by atoms with Crippen LogP contribution in [-0.2, 0) is 42.1 Å². The van der Waals surface area contributed by atoms with Gasteiger partial charge in [-0.15, -0.1) is 0 Å². The Morgan fingerprint density at radius 3 is 2.59 bits per heavy atom. The van der Waals surface area contributed by atoms with Crippen molar-refractivity contribution in [2.75, 3.05) is 24.4 Å². The highest BCUT2D eigenvalue weighted by molar-refractivity contribution is 6.04. The molecule has 0 radical (unpaired) electrons. The molecule has 0 aromatic carbocycles. The number of rotatable bonds is 7. The molecule has 13 heteroatoms. The first-order valence-electron chi connectivity index (χ1n) is 12.1. The normalized spacial score (nSPS) is 18.9. The van der Waals surface area contributed by atoms with Gasteiger partial charge in [0.15, 0.2) is 11.5 Å². The number of carbonyl (C=O) groups excluding carboxylic acids is 1. The molecule has 1 amide bonds. The Morgan fingerprint density at radius 2 is 1.97 bits per heavy atom. The van der Waals surface area contributed by atoms with Crippen molar-refractivity contribution in [3.8, 4) is 0 Å². The Hall–Kier alpha value is -3.48. The fourth-order valence-electron chi connectivity index (χ4n) is 5.16. The molecule has 4 heterocycles. The Kier molecular flexibility index (Phi) is 6.21. The van der Waals surface area contributed by atoms with E-state index in [4.69, 9.17) is 9.72 Å². The maximum Gasteiger partial charge on any atom is 0.435 e. The maximum absolute atomic E-state index is 13.0. The second-order valence-corrected chi connectivity index (χ2v) is 9.74. The summed E-state index contributed by atoms with van der Waals surface area (Å²) in [6.07, 6.45) is 2.78. The molecule has 1 N–H and O–H groups in total. The topological polar surface area (TPSA) is 103 Å². The number of ether oxygens (including phenoxy) is 1.